The molecule has 2 heterocycles. The Morgan fingerprint density at radius 3 is 2.26 bits per heavy atom. The number of Topliss-reactive ketones (excluding diaryl/α,β-unsaturated/α-hetero) is 1. The van der Waals surface area contributed by atoms with E-state index >= 15 is 0 Å². The summed E-state index contributed by atoms with van der Waals surface area (Å²) in [5.74, 6) is 1.57. The normalized spacial score (nSPS) is 18.4. The second-order valence-corrected chi connectivity index (χ2v) is 17.3. The van der Waals surface area contributed by atoms with Gasteiger partial charge in [0.15, 0.2) is 5.78 Å². The first kappa shape index (κ1) is 37.3. The molecule has 8 nitrogen and oxygen atoms in total. The molecule has 0 unspecified atom stereocenters. The summed E-state index contributed by atoms with van der Waals surface area (Å²) in [7, 11) is 2.03. The van der Waals surface area contributed by atoms with Crippen LogP contribution in [0.25, 0.3) is 10.8 Å². The van der Waals surface area contributed by atoms with Gasteiger partial charge in [-0.15, -0.1) is 0 Å². The molecule has 2 atom stereocenters. The van der Waals surface area contributed by atoms with Gasteiger partial charge in [-0.1, -0.05) is 62.4 Å². The number of rotatable bonds is 16. The standard InChI is InChI=1S/C37H55N3O5S2/c1-37(2,3)45-36(42)40-28-17-14-20-31(33(40)24-23-28)34(41)27-46-26-13-11-9-7-8-10-12-25-39(6)47(43,44)35-22-16-18-29-30(35)19-15-21-32(29)38(4)5/h15-16,18-22,28,33H,7-14,17,23-27H2,1-6H3/t28-,33-/m1/s1. The maximum atomic E-state index is 13.5. The Hall–Kier alpha value is -2.56. The zero-order valence-electron chi connectivity index (χ0n) is 29.3. The van der Waals surface area contributed by atoms with Crippen LogP contribution in [0.5, 0.6) is 0 Å². The molecule has 0 N–H and O–H groups in total. The van der Waals surface area contributed by atoms with Crippen molar-refractivity contribution in [1.29, 1.82) is 0 Å². The summed E-state index contributed by atoms with van der Waals surface area (Å²) in [6.45, 7) is 6.15. The lowest BCUT2D eigenvalue weighted by molar-refractivity contribution is -0.113. The molecule has 47 heavy (non-hydrogen) atoms. The summed E-state index contributed by atoms with van der Waals surface area (Å²) in [6.07, 6.45) is 12.7. The smallest absolute Gasteiger partial charge is 0.411 e. The average Bonchev–Trinajstić information content (AvgIpc) is 3.33. The third kappa shape index (κ3) is 9.76. The van der Waals surface area contributed by atoms with Crippen LogP contribution in [-0.4, -0.2) is 86.4 Å². The molecule has 2 aromatic rings. The van der Waals surface area contributed by atoms with Crippen molar-refractivity contribution in [2.75, 3.05) is 44.1 Å². The lowest BCUT2D eigenvalue weighted by atomic mass is 9.97. The van der Waals surface area contributed by atoms with Crippen molar-refractivity contribution in [3.8, 4) is 0 Å². The molecular weight excluding hydrogens is 631 g/mol. The Labute approximate surface area is 287 Å². The lowest BCUT2D eigenvalue weighted by Gasteiger charge is -2.32. The number of ether oxygens (including phenoxy) is 1. The minimum atomic E-state index is -3.59. The van der Waals surface area contributed by atoms with E-state index in [2.05, 4.69) is 6.08 Å². The first-order valence-corrected chi connectivity index (χ1v) is 19.9. The average molecular weight is 686 g/mol. The minimum absolute atomic E-state index is 0.153. The van der Waals surface area contributed by atoms with E-state index in [9.17, 15) is 18.0 Å². The Morgan fingerprint density at radius 1 is 0.894 bits per heavy atom. The fourth-order valence-corrected chi connectivity index (χ4v) is 9.08. The Bertz CT molecular complexity index is 1520. The fourth-order valence-electron chi connectivity index (χ4n) is 6.77. The third-order valence-electron chi connectivity index (χ3n) is 9.18. The molecule has 0 radical (unpaired) electrons. The predicted molar refractivity (Wildman–Crippen MR) is 195 cm³/mol. The molecule has 0 aliphatic carbocycles. The summed E-state index contributed by atoms with van der Waals surface area (Å²) in [5.41, 5.74) is 1.25. The van der Waals surface area contributed by atoms with Crippen molar-refractivity contribution in [2.24, 2.45) is 0 Å². The monoisotopic (exact) mass is 685 g/mol. The van der Waals surface area contributed by atoms with Crippen molar-refractivity contribution in [1.82, 2.24) is 9.21 Å². The highest BCUT2D eigenvalue weighted by Crippen LogP contribution is 2.37. The summed E-state index contributed by atoms with van der Waals surface area (Å²) < 4.78 is 34.1. The van der Waals surface area contributed by atoms with Gasteiger partial charge in [-0.3, -0.25) is 9.69 Å². The van der Waals surface area contributed by atoms with E-state index in [0.717, 1.165) is 98.4 Å². The zero-order valence-corrected chi connectivity index (χ0v) is 30.9. The fraction of sp³-hybridized carbons (Fsp3) is 0.622. The predicted octanol–water partition coefficient (Wildman–Crippen LogP) is 8.05. The van der Waals surface area contributed by atoms with E-state index < -0.39 is 15.6 Å². The van der Waals surface area contributed by atoms with Crippen LogP contribution in [0.3, 0.4) is 0 Å². The summed E-state index contributed by atoms with van der Waals surface area (Å²) in [5, 5.41) is 1.69. The summed E-state index contributed by atoms with van der Waals surface area (Å²) in [4.78, 5) is 30.4. The van der Waals surface area contributed by atoms with Crippen molar-refractivity contribution in [2.45, 2.75) is 114 Å². The largest absolute Gasteiger partial charge is 0.444 e. The minimum Gasteiger partial charge on any atom is -0.444 e. The highest BCUT2D eigenvalue weighted by Gasteiger charge is 2.43. The zero-order chi connectivity index (χ0) is 34.2. The molecule has 0 spiro atoms. The number of fused-ring (bicyclic) bond motifs is 3. The van der Waals surface area contributed by atoms with E-state index in [1.807, 2.05) is 75.0 Å². The van der Waals surface area contributed by atoms with Gasteiger partial charge in [-0.25, -0.2) is 17.5 Å². The van der Waals surface area contributed by atoms with Gasteiger partial charge >= 0.3 is 6.09 Å². The summed E-state index contributed by atoms with van der Waals surface area (Å²) >= 11 is 1.70. The number of benzene rings is 2. The Balaban J connectivity index is 1.11. The van der Waals surface area contributed by atoms with Crippen LogP contribution >= 0.6 is 11.8 Å². The number of sulfonamides is 1. The molecular formula is C37H55N3O5S2. The quantitative estimate of drug-likeness (QED) is 0.165. The lowest BCUT2D eigenvalue weighted by Crippen LogP contribution is -2.45. The van der Waals surface area contributed by atoms with Crippen LogP contribution in [0.4, 0.5) is 10.5 Å². The van der Waals surface area contributed by atoms with Crippen molar-refractivity contribution >= 4 is 50.1 Å². The van der Waals surface area contributed by atoms with Gasteiger partial charge in [-0.2, -0.15) is 11.8 Å². The Kier molecular flexibility index (Phi) is 13.2. The number of anilines is 1. The number of unbranched alkanes of at least 4 members (excludes halogenated alkanes) is 6. The molecule has 4 rings (SSSR count). The number of amides is 1. The number of nitrogens with zero attached hydrogens (tertiary/aromatic N) is 3. The van der Waals surface area contributed by atoms with E-state index in [-0.39, 0.29) is 24.0 Å². The number of ketones is 1. The second-order valence-electron chi connectivity index (χ2n) is 14.2. The van der Waals surface area contributed by atoms with Gasteiger partial charge in [0.25, 0.3) is 0 Å². The van der Waals surface area contributed by atoms with Crippen LogP contribution in [0.15, 0.2) is 52.9 Å². The maximum Gasteiger partial charge on any atom is 0.411 e. The van der Waals surface area contributed by atoms with E-state index in [4.69, 9.17) is 4.74 Å². The number of hydrogen-bond donors (Lipinski definition) is 0. The molecule has 0 saturated carbocycles. The van der Waals surface area contributed by atoms with Gasteiger partial charge in [0, 0.05) is 55.8 Å². The van der Waals surface area contributed by atoms with Gasteiger partial charge < -0.3 is 9.64 Å². The molecule has 2 aliphatic heterocycles. The highest BCUT2D eigenvalue weighted by atomic mass is 32.2. The molecule has 2 aliphatic rings. The number of carbonyl (C=O) groups excluding carboxylic acids is 2. The van der Waals surface area contributed by atoms with Gasteiger partial charge in [0.05, 0.1) is 16.7 Å². The number of allylic oxidation sites excluding steroid dienone is 1. The highest BCUT2D eigenvalue weighted by molar-refractivity contribution is 7.99. The number of carbonyl (C=O) groups is 2. The molecule has 260 valence electrons. The van der Waals surface area contributed by atoms with Crippen molar-refractivity contribution in [3.05, 3.63) is 48.0 Å². The van der Waals surface area contributed by atoms with Crippen LogP contribution in [-0.2, 0) is 19.6 Å². The van der Waals surface area contributed by atoms with Gasteiger partial charge in [-0.05, 0) is 77.2 Å². The Morgan fingerprint density at radius 2 is 1.55 bits per heavy atom. The van der Waals surface area contributed by atoms with Gasteiger partial charge in [0.2, 0.25) is 10.0 Å². The van der Waals surface area contributed by atoms with Crippen LogP contribution in [0.2, 0.25) is 0 Å². The first-order chi connectivity index (χ1) is 22.3. The van der Waals surface area contributed by atoms with E-state index in [1.165, 1.54) is 4.31 Å². The van der Waals surface area contributed by atoms with Crippen molar-refractivity contribution in [3.63, 3.8) is 0 Å². The molecule has 2 bridgehead atoms. The van der Waals surface area contributed by atoms with Crippen LogP contribution in [0.1, 0.15) is 91.4 Å². The maximum absolute atomic E-state index is 13.5. The van der Waals surface area contributed by atoms with E-state index in [0.29, 0.717) is 17.2 Å². The third-order valence-corrected chi connectivity index (χ3v) is 12.1. The number of thioether (sulfide) groups is 1. The molecule has 2 aromatic carbocycles. The molecule has 10 heteroatoms. The summed E-state index contributed by atoms with van der Waals surface area (Å²) in [6, 6.07) is 11.3. The van der Waals surface area contributed by atoms with Gasteiger partial charge in [0.1, 0.15) is 5.60 Å². The molecule has 1 fully saturated rings. The molecule has 1 amide bonds. The SMILES string of the molecule is CN(C)c1cccc2c(S(=O)(=O)N(C)CCCCCCCCCSCC(=O)C3=CCC[C@@H]4CC[C@H]3N4C(=O)OC(C)(C)C)cccc12. The topological polar surface area (TPSA) is 87.2 Å². The first-order valence-electron chi connectivity index (χ1n) is 17.3. The van der Waals surface area contributed by atoms with E-state index in [1.54, 1.807) is 24.9 Å². The van der Waals surface area contributed by atoms with Crippen molar-refractivity contribution < 1.29 is 22.7 Å². The molecule has 0 aromatic heterocycles. The second kappa shape index (κ2) is 16.7. The van der Waals surface area contributed by atoms with Crippen LogP contribution in [0, 0.1) is 0 Å². The number of hydrogen-bond acceptors (Lipinski definition) is 7. The van der Waals surface area contributed by atoms with Crippen LogP contribution < -0.4 is 4.90 Å². The molecule has 1 saturated heterocycles.